The zero-order valence-corrected chi connectivity index (χ0v) is 18.5. The Labute approximate surface area is 192 Å². The molecule has 4 heteroatoms. The molecule has 0 amide bonds. The van der Waals surface area contributed by atoms with Crippen LogP contribution in [0.15, 0.2) is 66.7 Å². The van der Waals surface area contributed by atoms with Gasteiger partial charge in [-0.1, -0.05) is 61.5 Å². The Hall–Kier alpha value is -3.58. The van der Waals surface area contributed by atoms with Gasteiger partial charge in [0, 0.05) is 5.39 Å². The van der Waals surface area contributed by atoms with Crippen LogP contribution in [0.2, 0.25) is 0 Å². The molecule has 0 fully saturated rings. The number of aryl methyl sites for hydroxylation is 5. The Morgan fingerprint density at radius 1 is 0.667 bits per heavy atom. The first kappa shape index (κ1) is 22.6. The molecule has 0 aromatic heterocycles. The average molecular weight is 444 g/mol. The lowest BCUT2D eigenvalue weighted by molar-refractivity contribution is 0.572. The van der Waals surface area contributed by atoms with Crippen LogP contribution in [-0.2, 0) is 32.1 Å². The predicted molar refractivity (Wildman–Crippen MR) is 126 cm³/mol. The highest BCUT2D eigenvalue weighted by Gasteiger charge is 2.13. The second kappa shape index (κ2) is 9.92. The maximum atomic E-state index is 15.1. The van der Waals surface area contributed by atoms with Gasteiger partial charge >= 0.3 is 0 Å². The van der Waals surface area contributed by atoms with Gasteiger partial charge in [-0.05, 0) is 77.4 Å². The lowest BCUT2D eigenvalue weighted by atomic mass is 9.97. The third-order valence-corrected chi connectivity index (χ3v) is 6.13. The van der Waals surface area contributed by atoms with Crippen molar-refractivity contribution >= 4 is 10.8 Å². The monoisotopic (exact) mass is 443 g/mol. The number of nitriles is 1. The van der Waals surface area contributed by atoms with Crippen LogP contribution in [0.3, 0.4) is 0 Å². The zero-order chi connectivity index (χ0) is 23.4. The molecular formula is C29H24F3N. The van der Waals surface area contributed by atoms with Crippen LogP contribution in [0.1, 0.15) is 40.3 Å². The van der Waals surface area contributed by atoms with Crippen molar-refractivity contribution in [3.05, 3.63) is 118 Å². The quantitative estimate of drug-likeness (QED) is 0.295. The summed E-state index contributed by atoms with van der Waals surface area (Å²) in [6.07, 6.45) is 3.41. The first-order valence-corrected chi connectivity index (χ1v) is 11.1. The molecule has 0 N–H and O–H groups in total. The van der Waals surface area contributed by atoms with Gasteiger partial charge in [-0.2, -0.15) is 5.26 Å². The molecule has 0 radical (unpaired) electrons. The number of nitrogens with zero attached hydrogens (tertiary/aromatic N) is 1. The maximum Gasteiger partial charge on any atom is 0.144 e. The summed E-state index contributed by atoms with van der Waals surface area (Å²) in [7, 11) is 0. The van der Waals surface area contributed by atoms with Gasteiger partial charge in [0.1, 0.15) is 29.1 Å². The largest absolute Gasteiger partial charge is 0.206 e. The Bertz CT molecular complexity index is 1310. The highest BCUT2D eigenvalue weighted by Crippen LogP contribution is 2.25. The van der Waals surface area contributed by atoms with Gasteiger partial charge in [0.2, 0.25) is 0 Å². The van der Waals surface area contributed by atoms with E-state index in [1.807, 2.05) is 24.3 Å². The molecule has 0 unspecified atom stereocenters. The fourth-order valence-corrected chi connectivity index (χ4v) is 4.12. The molecule has 1 nitrogen and oxygen atoms in total. The third kappa shape index (κ3) is 5.09. The number of benzene rings is 4. The molecule has 166 valence electrons. The molecule has 0 bridgehead atoms. The van der Waals surface area contributed by atoms with E-state index in [1.54, 1.807) is 6.07 Å². The Morgan fingerprint density at radius 3 is 1.94 bits per heavy atom. The van der Waals surface area contributed by atoms with Gasteiger partial charge in [-0.25, -0.2) is 13.2 Å². The lowest BCUT2D eigenvalue weighted by Gasteiger charge is -2.10. The number of halogens is 3. The molecular weight excluding hydrogens is 419 g/mol. The molecule has 0 aliphatic rings. The minimum Gasteiger partial charge on any atom is -0.206 e. The van der Waals surface area contributed by atoms with Crippen molar-refractivity contribution in [2.75, 3.05) is 0 Å². The van der Waals surface area contributed by atoms with Crippen LogP contribution >= 0.6 is 0 Å². The van der Waals surface area contributed by atoms with E-state index in [4.69, 9.17) is 5.26 Å². The standard InChI is InChI=1S/C29H24F3N/c1-2-19-3-5-20(6-4-19)7-8-21-10-14-25-24(15-21)13-12-23(29(25)32)11-9-22-16-27(30)26(18-33)28(31)17-22/h3-6,10,12-17H,2,7-9,11H2,1H3. The fourth-order valence-electron chi connectivity index (χ4n) is 4.12. The molecule has 0 aliphatic carbocycles. The number of hydrogen-bond acceptors (Lipinski definition) is 1. The third-order valence-electron chi connectivity index (χ3n) is 6.13. The number of rotatable bonds is 7. The van der Waals surface area contributed by atoms with Gasteiger partial charge in [0.25, 0.3) is 0 Å². The van der Waals surface area contributed by atoms with Crippen molar-refractivity contribution < 1.29 is 13.2 Å². The van der Waals surface area contributed by atoms with Gasteiger partial charge in [-0.15, -0.1) is 0 Å². The molecule has 0 saturated carbocycles. The first-order chi connectivity index (χ1) is 16.0. The van der Waals surface area contributed by atoms with E-state index in [9.17, 15) is 8.78 Å². The van der Waals surface area contributed by atoms with E-state index in [0.717, 1.165) is 42.3 Å². The van der Waals surface area contributed by atoms with E-state index in [0.29, 0.717) is 22.9 Å². The van der Waals surface area contributed by atoms with E-state index in [1.165, 1.54) is 17.2 Å². The second-order valence-corrected chi connectivity index (χ2v) is 8.31. The lowest BCUT2D eigenvalue weighted by Crippen LogP contribution is -1.99. The molecule has 0 heterocycles. The minimum atomic E-state index is -0.889. The summed E-state index contributed by atoms with van der Waals surface area (Å²) in [5.74, 6) is -2.08. The molecule has 4 aromatic rings. The van der Waals surface area contributed by atoms with Crippen LogP contribution in [-0.4, -0.2) is 0 Å². The highest BCUT2D eigenvalue weighted by atomic mass is 19.1. The fraction of sp³-hybridized carbons (Fsp3) is 0.207. The van der Waals surface area contributed by atoms with Crippen LogP contribution in [0.5, 0.6) is 0 Å². The summed E-state index contributed by atoms with van der Waals surface area (Å²) in [6, 6.07) is 21.9. The Morgan fingerprint density at radius 2 is 1.27 bits per heavy atom. The van der Waals surface area contributed by atoms with E-state index < -0.39 is 17.2 Å². The van der Waals surface area contributed by atoms with Crippen LogP contribution < -0.4 is 0 Å². The summed E-state index contributed by atoms with van der Waals surface area (Å²) in [5.41, 5.74) is 4.05. The molecule has 0 atom stereocenters. The summed E-state index contributed by atoms with van der Waals surface area (Å²) in [4.78, 5) is 0. The summed E-state index contributed by atoms with van der Waals surface area (Å²) in [5, 5.41) is 10.2. The van der Waals surface area contributed by atoms with Gasteiger partial charge in [0.15, 0.2) is 0 Å². The second-order valence-electron chi connectivity index (χ2n) is 8.31. The van der Waals surface area contributed by atoms with E-state index >= 15 is 4.39 Å². The van der Waals surface area contributed by atoms with Crippen molar-refractivity contribution in [3.63, 3.8) is 0 Å². The van der Waals surface area contributed by atoms with Gasteiger partial charge < -0.3 is 0 Å². The molecule has 0 saturated heterocycles. The van der Waals surface area contributed by atoms with Crippen LogP contribution in [0.4, 0.5) is 13.2 Å². The Kier molecular flexibility index (Phi) is 6.79. The first-order valence-electron chi connectivity index (χ1n) is 11.1. The Balaban J connectivity index is 1.47. The minimum absolute atomic E-state index is 0.275. The van der Waals surface area contributed by atoms with Crippen LogP contribution in [0.25, 0.3) is 10.8 Å². The summed E-state index contributed by atoms with van der Waals surface area (Å²) in [6.45, 7) is 2.14. The molecule has 0 aliphatic heterocycles. The van der Waals surface area contributed by atoms with Crippen molar-refractivity contribution in [1.82, 2.24) is 0 Å². The highest BCUT2D eigenvalue weighted by molar-refractivity contribution is 5.84. The summed E-state index contributed by atoms with van der Waals surface area (Å²) >= 11 is 0. The molecule has 4 aromatic carbocycles. The number of hydrogen-bond donors (Lipinski definition) is 0. The van der Waals surface area contributed by atoms with E-state index in [-0.39, 0.29) is 12.2 Å². The molecule has 33 heavy (non-hydrogen) atoms. The topological polar surface area (TPSA) is 23.8 Å². The van der Waals surface area contributed by atoms with Crippen molar-refractivity contribution in [1.29, 1.82) is 5.26 Å². The van der Waals surface area contributed by atoms with Crippen LogP contribution in [0, 0.1) is 28.8 Å². The zero-order valence-electron chi connectivity index (χ0n) is 18.5. The normalized spacial score (nSPS) is 11.0. The summed E-state index contributed by atoms with van der Waals surface area (Å²) < 4.78 is 42.8. The number of fused-ring (bicyclic) bond motifs is 1. The smallest absolute Gasteiger partial charge is 0.144 e. The predicted octanol–water partition coefficient (Wildman–Crippen LogP) is 7.26. The average Bonchev–Trinajstić information content (AvgIpc) is 2.82. The SMILES string of the molecule is CCc1ccc(CCc2ccc3c(F)c(CCc4cc(F)c(C#N)c(F)c4)ccc3c2)cc1. The molecule has 4 rings (SSSR count). The van der Waals surface area contributed by atoms with Crippen molar-refractivity contribution in [2.45, 2.75) is 39.0 Å². The molecule has 0 spiro atoms. The van der Waals surface area contributed by atoms with Gasteiger partial charge in [0.05, 0.1) is 0 Å². The van der Waals surface area contributed by atoms with Gasteiger partial charge in [-0.3, -0.25) is 0 Å². The van der Waals surface area contributed by atoms with Crippen molar-refractivity contribution in [2.24, 2.45) is 0 Å². The van der Waals surface area contributed by atoms with Crippen molar-refractivity contribution in [3.8, 4) is 6.07 Å². The van der Waals surface area contributed by atoms with E-state index in [2.05, 4.69) is 31.2 Å². The maximum absolute atomic E-state index is 15.1.